The summed E-state index contributed by atoms with van der Waals surface area (Å²) in [5.74, 6) is 0.0904. The Morgan fingerprint density at radius 1 is 1.37 bits per heavy atom. The van der Waals surface area contributed by atoms with E-state index in [1.165, 1.54) is 0 Å². The second-order valence-electron chi connectivity index (χ2n) is 4.69. The molecule has 0 spiro atoms. The average molecular weight is 284 g/mol. The highest BCUT2D eigenvalue weighted by atomic mass is 35.5. The molecule has 1 aromatic rings. The number of rotatable bonds is 7. The van der Waals surface area contributed by atoms with Crippen molar-refractivity contribution in [3.05, 3.63) is 48.0 Å². The first-order chi connectivity index (χ1) is 8.52. The van der Waals surface area contributed by atoms with E-state index in [9.17, 15) is 9.90 Å². The van der Waals surface area contributed by atoms with Gasteiger partial charge in [0.1, 0.15) is 12.1 Å². The predicted molar refractivity (Wildman–Crippen MR) is 72.1 cm³/mol. The van der Waals surface area contributed by atoms with Crippen molar-refractivity contribution in [1.29, 1.82) is 0 Å². The summed E-state index contributed by atoms with van der Waals surface area (Å²) in [5, 5.41) is 12.1. The van der Waals surface area contributed by atoms with Crippen LogP contribution >= 0.6 is 0 Å². The molecule has 0 aromatic heterocycles. The zero-order valence-corrected chi connectivity index (χ0v) is 12.2. The van der Waals surface area contributed by atoms with Crippen molar-refractivity contribution >= 4 is 5.78 Å². The Balaban J connectivity index is 0.00000324. The Kier molecular flexibility index (Phi) is 8.32. The zero-order chi connectivity index (χ0) is 13.5. The maximum atomic E-state index is 11.4. The molecule has 0 aliphatic rings. The second-order valence-corrected chi connectivity index (χ2v) is 4.69. The van der Waals surface area contributed by atoms with Crippen molar-refractivity contribution in [2.45, 2.75) is 32.4 Å². The lowest BCUT2D eigenvalue weighted by molar-refractivity contribution is -0.693. The number of Topliss-reactive ketones (excluding diaryl/α,β-unsaturated/α-hetero) is 1. The minimum atomic E-state index is -0.508. The van der Waals surface area contributed by atoms with E-state index < -0.39 is 6.10 Å². The summed E-state index contributed by atoms with van der Waals surface area (Å²) in [4.78, 5) is 11.4. The number of hydrogen-bond donors (Lipinski definition) is 2. The maximum Gasteiger partial charge on any atom is 0.163 e. The van der Waals surface area contributed by atoms with E-state index >= 15 is 0 Å². The highest BCUT2D eigenvalue weighted by Gasteiger charge is 2.18. The molecule has 0 fully saturated rings. The van der Waals surface area contributed by atoms with Gasteiger partial charge in [0.15, 0.2) is 5.78 Å². The number of nitrogens with two attached hydrogens (primary N) is 1. The number of carbonyl (C=O) groups excluding carboxylic acids is 1. The number of carbonyl (C=O) groups is 1. The zero-order valence-electron chi connectivity index (χ0n) is 11.5. The van der Waals surface area contributed by atoms with E-state index in [1.54, 1.807) is 6.92 Å². The number of aliphatic hydroxyl groups is 1. The molecule has 19 heavy (non-hydrogen) atoms. The summed E-state index contributed by atoms with van der Waals surface area (Å²) in [6.45, 7) is 7.99. The molecule has 0 radical (unpaired) electrons. The fraction of sp³-hybridized carbons (Fsp3) is 0.400. The molecule has 0 saturated heterocycles. The van der Waals surface area contributed by atoms with Gasteiger partial charge in [-0.25, -0.2) is 0 Å². The third kappa shape index (κ3) is 6.01. The molecule has 4 heteroatoms. The molecule has 0 amide bonds. The summed E-state index contributed by atoms with van der Waals surface area (Å²) >= 11 is 0. The standard InChI is InChI=1S/C15H21NO2.ClH/c1-11(2)14(17)9-10-16-12(3)15(18)13-7-5-4-6-8-13;/h4-8,12,15-16,18H,1,9-10H2,2-3H3;1H. The van der Waals surface area contributed by atoms with Crippen LogP contribution < -0.4 is 17.7 Å². The monoisotopic (exact) mass is 283 g/mol. The highest BCUT2D eigenvalue weighted by molar-refractivity contribution is 5.94. The van der Waals surface area contributed by atoms with Gasteiger partial charge in [0, 0.05) is 0 Å². The smallest absolute Gasteiger partial charge is 0.163 e. The molecule has 0 aliphatic carbocycles. The minimum absolute atomic E-state index is 0. The van der Waals surface area contributed by atoms with Crippen molar-refractivity contribution in [1.82, 2.24) is 0 Å². The van der Waals surface area contributed by atoms with Crippen molar-refractivity contribution < 1.29 is 27.6 Å². The van der Waals surface area contributed by atoms with Crippen LogP contribution in [-0.4, -0.2) is 23.5 Å². The number of allylic oxidation sites excluding steroid dienone is 1. The van der Waals surface area contributed by atoms with Crippen LogP contribution in [0.3, 0.4) is 0 Å². The quantitative estimate of drug-likeness (QED) is 0.581. The van der Waals surface area contributed by atoms with Crippen LogP contribution in [0.15, 0.2) is 42.5 Å². The van der Waals surface area contributed by atoms with Gasteiger partial charge in [-0.3, -0.25) is 4.79 Å². The molecule has 0 bridgehead atoms. The summed E-state index contributed by atoms with van der Waals surface area (Å²) < 4.78 is 0. The lowest BCUT2D eigenvalue weighted by Gasteiger charge is -2.17. The average Bonchev–Trinajstić information content (AvgIpc) is 2.38. The summed E-state index contributed by atoms with van der Waals surface area (Å²) in [5.41, 5.74) is 1.51. The van der Waals surface area contributed by atoms with Gasteiger partial charge in [0.2, 0.25) is 0 Å². The fourth-order valence-corrected chi connectivity index (χ4v) is 1.77. The number of hydrogen-bond acceptors (Lipinski definition) is 2. The number of halogens is 1. The van der Waals surface area contributed by atoms with Gasteiger partial charge in [-0.1, -0.05) is 36.9 Å². The molecule has 0 aliphatic heterocycles. The number of ketones is 1. The van der Waals surface area contributed by atoms with E-state index in [0.717, 1.165) is 5.56 Å². The lowest BCUT2D eigenvalue weighted by Crippen LogP contribution is -3.00. The van der Waals surface area contributed by atoms with E-state index in [0.29, 0.717) is 18.5 Å². The number of quaternary nitrogens is 1. The summed E-state index contributed by atoms with van der Waals surface area (Å²) in [6, 6.07) is 9.61. The lowest BCUT2D eigenvalue weighted by atomic mass is 10.0. The Morgan fingerprint density at radius 3 is 2.47 bits per heavy atom. The molecule has 3 nitrogen and oxygen atoms in total. The first kappa shape index (κ1) is 17.8. The highest BCUT2D eigenvalue weighted by Crippen LogP contribution is 2.13. The number of benzene rings is 1. The predicted octanol–water partition coefficient (Wildman–Crippen LogP) is -1.79. The Bertz CT molecular complexity index is 406. The second kappa shape index (κ2) is 8.86. The van der Waals surface area contributed by atoms with E-state index in [1.807, 2.05) is 42.6 Å². The molecule has 2 atom stereocenters. The Labute approximate surface area is 121 Å². The molecule has 3 N–H and O–H groups in total. The molecule has 0 heterocycles. The molecule has 1 aromatic carbocycles. The third-order valence-corrected chi connectivity index (χ3v) is 3.02. The Hall–Kier alpha value is -1.16. The fourth-order valence-electron chi connectivity index (χ4n) is 1.77. The van der Waals surface area contributed by atoms with Gasteiger partial charge in [-0.15, -0.1) is 0 Å². The van der Waals surface area contributed by atoms with E-state index in [-0.39, 0.29) is 24.2 Å². The van der Waals surface area contributed by atoms with Crippen LogP contribution in [-0.2, 0) is 4.79 Å². The largest absolute Gasteiger partial charge is 1.00 e. The van der Waals surface area contributed by atoms with Gasteiger partial charge >= 0.3 is 0 Å². The van der Waals surface area contributed by atoms with Crippen molar-refractivity contribution in [3.63, 3.8) is 0 Å². The van der Waals surface area contributed by atoms with Gasteiger partial charge in [-0.2, -0.15) is 0 Å². The first-order valence-corrected chi connectivity index (χ1v) is 6.27. The van der Waals surface area contributed by atoms with Crippen LogP contribution in [0.4, 0.5) is 0 Å². The van der Waals surface area contributed by atoms with Gasteiger partial charge in [0.25, 0.3) is 0 Å². The maximum absolute atomic E-state index is 11.4. The normalized spacial score (nSPS) is 13.2. The SMILES string of the molecule is C=C(C)C(=O)CC[NH2+]C(C)C(O)c1ccccc1.[Cl-]. The topological polar surface area (TPSA) is 53.9 Å². The van der Waals surface area contributed by atoms with Crippen LogP contribution in [0, 0.1) is 0 Å². The van der Waals surface area contributed by atoms with Crippen LogP contribution in [0.25, 0.3) is 0 Å². The van der Waals surface area contributed by atoms with Crippen LogP contribution in [0.5, 0.6) is 0 Å². The van der Waals surface area contributed by atoms with E-state index in [2.05, 4.69) is 6.58 Å². The third-order valence-electron chi connectivity index (χ3n) is 3.02. The molecule has 1 rings (SSSR count). The van der Waals surface area contributed by atoms with Crippen molar-refractivity contribution in [2.75, 3.05) is 6.54 Å². The van der Waals surface area contributed by atoms with Crippen LogP contribution in [0.2, 0.25) is 0 Å². The van der Waals surface area contributed by atoms with Gasteiger partial charge in [0.05, 0.1) is 13.0 Å². The summed E-state index contributed by atoms with van der Waals surface area (Å²) in [6.07, 6.45) is -0.0348. The van der Waals surface area contributed by atoms with Gasteiger partial charge < -0.3 is 22.8 Å². The van der Waals surface area contributed by atoms with Crippen molar-refractivity contribution in [2.24, 2.45) is 0 Å². The molecular formula is C15H22ClNO2. The summed E-state index contributed by atoms with van der Waals surface area (Å²) in [7, 11) is 0. The van der Waals surface area contributed by atoms with Crippen molar-refractivity contribution in [3.8, 4) is 0 Å². The van der Waals surface area contributed by atoms with Gasteiger partial charge in [-0.05, 0) is 25.0 Å². The first-order valence-electron chi connectivity index (χ1n) is 6.27. The number of aliphatic hydroxyl groups excluding tert-OH is 1. The van der Waals surface area contributed by atoms with E-state index in [4.69, 9.17) is 0 Å². The molecular weight excluding hydrogens is 262 g/mol. The molecule has 0 saturated carbocycles. The Morgan fingerprint density at radius 2 is 1.95 bits per heavy atom. The van der Waals surface area contributed by atoms with Crippen LogP contribution in [0.1, 0.15) is 31.9 Å². The molecule has 106 valence electrons. The molecule has 2 unspecified atom stereocenters. The minimum Gasteiger partial charge on any atom is -1.00 e.